The van der Waals surface area contributed by atoms with Crippen LogP contribution in [-0.2, 0) is 11.3 Å². The molecule has 28 heavy (non-hydrogen) atoms. The number of rotatable bonds is 8. The molecule has 7 heteroatoms. The van der Waals surface area contributed by atoms with E-state index in [1.807, 2.05) is 60.7 Å². The van der Waals surface area contributed by atoms with Crippen LogP contribution < -0.4 is 15.2 Å². The van der Waals surface area contributed by atoms with Crippen molar-refractivity contribution in [3.63, 3.8) is 0 Å². The van der Waals surface area contributed by atoms with Gasteiger partial charge in [-0.1, -0.05) is 48.5 Å². The minimum atomic E-state index is -0.488. The number of amides is 1. The van der Waals surface area contributed by atoms with Crippen LogP contribution in [0, 0.1) is 10.1 Å². The largest absolute Gasteiger partial charge is 0.484 e. The summed E-state index contributed by atoms with van der Waals surface area (Å²) in [6.07, 6.45) is 0. The summed E-state index contributed by atoms with van der Waals surface area (Å²) in [7, 11) is 0. The third-order valence-corrected chi connectivity index (χ3v) is 3.93. The Balaban J connectivity index is 1.63. The lowest BCUT2D eigenvalue weighted by molar-refractivity contribution is -0.384. The van der Waals surface area contributed by atoms with E-state index < -0.39 is 4.92 Å². The molecule has 7 nitrogen and oxygen atoms in total. The molecule has 0 aliphatic rings. The number of nitro benzene ring substituents is 1. The quantitative estimate of drug-likeness (QED) is 0.478. The maximum absolute atomic E-state index is 12.4. The van der Waals surface area contributed by atoms with Crippen LogP contribution >= 0.6 is 0 Å². The number of carbonyl (C=O) groups is 1. The van der Waals surface area contributed by atoms with Crippen LogP contribution in [0.25, 0.3) is 0 Å². The van der Waals surface area contributed by atoms with Crippen LogP contribution in [0.5, 0.6) is 5.75 Å². The average Bonchev–Trinajstić information content (AvgIpc) is 2.73. The molecule has 3 aromatic carbocycles. The average molecular weight is 377 g/mol. The maximum atomic E-state index is 12.4. The zero-order valence-electron chi connectivity index (χ0n) is 15.0. The fourth-order valence-electron chi connectivity index (χ4n) is 2.57. The zero-order valence-corrected chi connectivity index (χ0v) is 15.0. The van der Waals surface area contributed by atoms with E-state index >= 15 is 0 Å². The van der Waals surface area contributed by atoms with Crippen molar-refractivity contribution in [2.45, 2.75) is 6.54 Å². The molecule has 0 unspecified atom stereocenters. The first-order valence-corrected chi connectivity index (χ1v) is 8.65. The minimum absolute atomic E-state index is 0.0325. The Bertz CT molecular complexity index is 915. The molecule has 0 fully saturated rings. The second-order valence-corrected chi connectivity index (χ2v) is 5.98. The van der Waals surface area contributed by atoms with Crippen LogP contribution in [0.1, 0.15) is 5.56 Å². The highest BCUT2D eigenvalue weighted by atomic mass is 16.6. The summed E-state index contributed by atoms with van der Waals surface area (Å²) in [5, 5.41) is 12.4. The van der Waals surface area contributed by atoms with Crippen molar-refractivity contribution in [2.24, 2.45) is 0 Å². The van der Waals surface area contributed by atoms with Gasteiger partial charge in [0.2, 0.25) is 0 Å². The topological polar surface area (TPSA) is 84.7 Å². The first-order chi connectivity index (χ1) is 13.6. The van der Waals surface area contributed by atoms with E-state index in [1.54, 1.807) is 5.01 Å². The van der Waals surface area contributed by atoms with Gasteiger partial charge in [0.05, 0.1) is 17.2 Å². The van der Waals surface area contributed by atoms with Crippen molar-refractivity contribution in [1.29, 1.82) is 0 Å². The molecule has 142 valence electrons. The molecule has 3 aromatic rings. The van der Waals surface area contributed by atoms with E-state index in [4.69, 9.17) is 4.74 Å². The normalized spacial score (nSPS) is 10.1. The first-order valence-electron chi connectivity index (χ1n) is 8.65. The Hall–Kier alpha value is -3.87. The monoisotopic (exact) mass is 377 g/mol. The minimum Gasteiger partial charge on any atom is -0.484 e. The molecule has 0 aromatic heterocycles. The number of nitrogens with one attached hydrogen (secondary N) is 1. The van der Waals surface area contributed by atoms with Gasteiger partial charge in [-0.3, -0.25) is 25.3 Å². The highest BCUT2D eigenvalue weighted by molar-refractivity contribution is 5.79. The van der Waals surface area contributed by atoms with Gasteiger partial charge in [0.1, 0.15) is 5.75 Å². The smallest absolute Gasteiger partial charge is 0.276 e. The van der Waals surface area contributed by atoms with Crippen LogP contribution in [0.4, 0.5) is 11.4 Å². The summed E-state index contributed by atoms with van der Waals surface area (Å²) in [5.74, 6) is 0.0493. The fourth-order valence-corrected chi connectivity index (χ4v) is 2.57. The molecule has 0 aliphatic carbocycles. The van der Waals surface area contributed by atoms with Crippen LogP contribution in [-0.4, -0.2) is 17.4 Å². The number of hydrazine groups is 1. The molecule has 0 aliphatic heterocycles. The SMILES string of the molecule is O=C(COc1ccc([N+](=O)[O-])cc1)NN(Cc1ccccc1)c1ccccc1. The third kappa shape index (κ3) is 5.31. The molecule has 0 saturated heterocycles. The second kappa shape index (κ2) is 9.18. The molecule has 0 bridgehead atoms. The van der Waals surface area contributed by atoms with E-state index in [0.717, 1.165) is 11.3 Å². The number of nitrogens with zero attached hydrogens (tertiary/aromatic N) is 2. The Morgan fingerprint density at radius 3 is 2.14 bits per heavy atom. The molecule has 3 rings (SSSR count). The molecule has 0 saturated carbocycles. The second-order valence-electron chi connectivity index (χ2n) is 5.98. The van der Waals surface area contributed by atoms with Crippen molar-refractivity contribution in [3.05, 3.63) is 101 Å². The molecular formula is C21H19N3O4. The van der Waals surface area contributed by atoms with Gasteiger partial charge in [-0.05, 0) is 29.8 Å². The molecule has 1 N–H and O–H groups in total. The highest BCUT2D eigenvalue weighted by Crippen LogP contribution is 2.17. The van der Waals surface area contributed by atoms with Gasteiger partial charge in [0.15, 0.2) is 6.61 Å². The number of para-hydroxylation sites is 1. The van der Waals surface area contributed by atoms with Gasteiger partial charge in [-0.15, -0.1) is 0 Å². The number of hydrogen-bond acceptors (Lipinski definition) is 5. The molecule has 0 heterocycles. The van der Waals surface area contributed by atoms with Crippen molar-refractivity contribution in [2.75, 3.05) is 11.6 Å². The van der Waals surface area contributed by atoms with E-state index in [2.05, 4.69) is 5.43 Å². The van der Waals surface area contributed by atoms with E-state index in [-0.39, 0.29) is 18.2 Å². The summed E-state index contributed by atoms with van der Waals surface area (Å²) < 4.78 is 5.43. The van der Waals surface area contributed by atoms with E-state index in [1.165, 1.54) is 24.3 Å². The van der Waals surface area contributed by atoms with Gasteiger partial charge in [0.25, 0.3) is 11.6 Å². The summed E-state index contributed by atoms with van der Waals surface area (Å²) in [6, 6.07) is 24.9. The molecule has 0 atom stereocenters. The Morgan fingerprint density at radius 2 is 1.54 bits per heavy atom. The Morgan fingerprint density at radius 1 is 0.929 bits per heavy atom. The predicted octanol–water partition coefficient (Wildman–Crippen LogP) is 3.71. The number of carbonyl (C=O) groups excluding carboxylic acids is 1. The van der Waals surface area contributed by atoms with Gasteiger partial charge in [-0.2, -0.15) is 0 Å². The van der Waals surface area contributed by atoms with Crippen molar-refractivity contribution in [3.8, 4) is 5.75 Å². The number of anilines is 1. The number of nitro groups is 1. The Labute approximate surface area is 162 Å². The number of hydrogen-bond donors (Lipinski definition) is 1. The van der Waals surface area contributed by atoms with E-state index in [0.29, 0.717) is 12.3 Å². The lowest BCUT2D eigenvalue weighted by Crippen LogP contribution is -2.44. The van der Waals surface area contributed by atoms with Crippen molar-refractivity contribution in [1.82, 2.24) is 5.43 Å². The molecule has 0 spiro atoms. The summed E-state index contributed by atoms with van der Waals surface area (Å²) >= 11 is 0. The zero-order chi connectivity index (χ0) is 19.8. The molecular weight excluding hydrogens is 358 g/mol. The first kappa shape index (κ1) is 18.9. The van der Waals surface area contributed by atoms with Gasteiger partial charge in [-0.25, -0.2) is 0 Å². The standard InChI is InChI=1S/C21H19N3O4/c25-21(16-28-20-13-11-19(12-14-20)24(26)27)22-23(18-9-5-2-6-10-18)15-17-7-3-1-4-8-17/h1-14H,15-16H2,(H,22,25). The lowest BCUT2D eigenvalue weighted by Gasteiger charge is -2.25. The van der Waals surface area contributed by atoms with Crippen LogP contribution in [0.15, 0.2) is 84.9 Å². The number of ether oxygens (including phenoxy) is 1. The van der Waals surface area contributed by atoms with Crippen molar-refractivity contribution >= 4 is 17.3 Å². The maximum Gasteiger partial charge on any atom is 0.276 e. The van der Waals surface area contributed by atoms with Gasteiger partial charge >= 0.3 is 0 Å². The highest BCUT2D eigenvalue weighted by Gasteiger charge is 2.12. The summed E-state index contributed by atoms with van der Waals surface area (Å²) in [6.45, 7) is 0.282. The summed E-state index contributed by atoms with van der Waals surface area (Å²) in [4.78, 5) is 22.6. The van der Waals surface area contributed by atoms with Crippen molar-refractivity contribution < 1.29 is 14.5 Å². The molecule has 0 radical (unpaired) electrons. The lowest BCUT2D eigenvalue weighted by atomic mass is 10.2. The fraction of sp³-hybridized carbons (Fsp3) is 0.0952. The van der Waals surface area contributed by atoms with Crippen LogP contribution in [0.2, 0.25) is 0 Å². The van der Waals surface area contributed by atoms with Crippen LogP contribution in [0.3, 0.4) is 0 Å². The van der Waals surface area contributed by atoms with E-state index in [9.17, 15) is 14.9 Å². The third-order valence-electron chi connectivity index (χ3n) is 3.93. The summed E-state index contributed by atoms with van der Waals surface area (Å²) in [5.41, 5.74) is 4.70. The van der Waals surface area contributed by atoms with Gasteiger partial charge < -0.3 is 4.74 Å². The Kier molecular flexibility index (Phi) is 6.20. The predicted molar refractivity (Wildman–Crippen MR) is 106 cm³/mol. The molecule has 1 amide bonds. The van der Waals surface area contributed by atoms with Gasteiger partial charge in [0, 0.05) is 12.1 Å². The number of benzene rings is 3. The number of non-ortho nitro benzene ring substituents is 1.